The summed E-state index contributed by atoms with van der Waals surface area (Å²) in [5, 5.41) is 13.7. The summed E-state index contributed by atoms with van der Waals surface area (Å²) in [6.45, 7) is 7.52. The molecule has 0 unspecified atom stereocenters. The van der Waals surface area contributed by atoms with Gasteiger partial charge in [0.25, 0.3) is 5.91 Å². The maximum Gasteiger partial charge on any atom is 0.266 e. The van der Waals surface area contributed by atoms with E-state index in [1.54, 1.807) is 42.6 Å². The van der Waals surface area contributed by atoms with Gasteiger partial charge in [0.2, 0.25) is 0 Å². The van der Waals surface area contributed by atoms with Crippen LogP contribution in [0.15, 0.2) is 85.3 Å². The Labute approximate surface area is 183 Å². The molecule has 1 heterocycles. The molecule has 0 spiro atoms. The Morgan fingerprint density at radius 3 is 2.73 bits per heavy atom. The van der Waals surface area contributed by atoms with E-state index in [4.69, 9.17) is 27.9 Å². The van der Waals surface area contributed by atoms with E-state index in [0.717, 1.165) is 10.9 Å². The number of ether oxygens (including phenoxy) is 1. The number of carbonyl (C=O) groups is 1. The summed E-state index contributed by atoms with van der Waals surface area (Å²) in [5.41, 5.74) is 1.55. The number of aromatic nitrogens is 1. The van der Waals surface area contributed by atoms with Gasteiger partial charge < -0.3 is 10.1 Å². The molecule has 1 amide bonds. The van der Waals surface area contributed by atoms with Crippen LogP contribution in [-0.2, 0) is 9.53 Å². The normalized spacial score (nSPS) is 10.9. The number of pyridine rings is 1. The van der Waals surface area contributed by atoms with Crippen LogP contribution < -0.4 is 5.32 Å². The van der Waals surface area contributed by atoms with Crippen molar-refractivity contribution in [3.8, 4) is 6.07 Å². The summed E-state index contributed by atoms with van der Waals surface area (Å²) in [6.07, 6.45) is 2.89. The predicted molar refractivity (Wildman–Crippen MR) is 120 cm³/mol. The van der Waals surface area contributed by atoms with Gasteiger partial charge in [0.1, 0.15) is 23.2 Å². The first-order chi connectivity index (χ1) is 14.4. The highest BCUT2D eigenvalue weighted by Gasteiger charge is 2.13. The number of hydrogen-bond acceptors (Lipinski definition) is 4. The van der Waals surface area contributed by atoms with Crippen LogP contribution in [0.5, 0.6) is 0 Å². The van der Waals surface area contributed by atoms with Gasteiger partial charge in [-0.3, -0.25) is 9.78 Å². The van der Waals surface area contributed by atoms with Crippen LogP contribution in [0.4, 0.5) is 5.69 Å². The van der Waals surface area contributed by atoms with Gasteiger partial charge in [0.15, 0.2) is 0 Å². The minimum atomic E-state index is -0.606. The van der Waals surface area contributed by atoms with Crippen molar-refractivity contribution < 1.29 is 9.53 Å². The van der Waals surface area contributed by atoms with Gasteiger partial charge in [-0.1, -0.05) is 42.4 Å². The Bertz CT molecular complexity index is 1240. The second-order valence-corrected chi connectivity index (χ2v) is 6.96. The molecule has 0 radical (unpaired) electrons. The summed E-state index contributed by atoms with van der Waals surface area (Å²) in [4.78, 5) is 16.8. The Balaban J connectivity index is 1.76. The molecule has 30 heavy (non-hydrogen) atoms. The second-order valence-electron chi connectivity index (χ2n) is 6.12. The second kappa shape index (κ2) is 9.27. The lowest BCUT2D eigenvalue weighted by molar-refractivity contribution is -0.112. The number of nitrogens with zero attached hydrogens (tertiary/aromatic N) is 2. The third-order valence-electron chi connectivity index (χ3n) is 4.05. The number of amides is 1. The van der Waals surface area contributed by atoms with E-state index < -0.39 is 5.91 Å². The molecule has 0 saturated heterocycles. The average Bonchev–Trinajstić information content (AvgIpc) is 2.73. The number of benzene rings is 2. The number of nitriles is 1. The number of halogens is 2. The van der Waals surface area contributed by atoms with Crippen LogP contribution in [0.25, 0.3) is 16.7 Å². The van der Waals surface area contributed by atoms with Crippen molar-refractivity contribution in [2.75, 3.05) is 5.32 Å². The molecular formula is C23H15Cl2N3O2. The van der Waals surface area contributed by atoms with Gasteiger partial charge in [0, 0.05) is 28.2 Å². The molecule has 5 nitrogen and oxygen atoms in total. The summed E-state index contributed by atoms with van der Waals surface area (Å²) < 4.78 is 5.53. The van der Waals surface area contributed by atoms with Crippen LogP contribution in [0.3, 0.4) is 0 Å². The average molecular weight is 436 g/mol. The van der Waals surface area contributed by atoms with E-state index in [0.29, 0.717) is 21.3 Å². The van der Waals surface area contributed by atoms with Crippen LogP contribution in [-0.4, -0.2) is 10.9 Å². The molecule has 0 aliphatic heterocycles. The Hall–Kier alpha value is -3.59. The van der Waals surface area contributed by atoms with Gasteiger partial charge in [-0.05, 0) is 42.5 Å². The molecule has 1 aromatic heterocycles. The first-order valence-electron chi connectivity index (χ1n) is 8.67. The highest BCUT2D eigenvalue weighted by Crippen LogP contribution is 2.28. The minimum absolute atomic E-state index is 0.0438. The number of nitrogens with one attached hydrogen (secondary N) is 1. The van der Waals surface area contributed by atoms with Gasteiger partial charge in [-0.25, -0.2) is 0 Å². The molecule has 0 aliphatic carbocycles. The standard InChI is InChI=1S/C23H15Cl2N3O2/c1-14(30-15(2)19-12-17(24)8-9-20(19)25)11-16(13-26)23(29)28-22-7-3-6-21-18(22)5-4-10-27-21/h3-12H,1-2H2,(H,28,29). The molecule has 7 heteroatoms. The van der Waals surface area contributed by atoms with Crippen molar-refractivity contribution in [3.05, 3.63) is 101 Å². The SMILES string of the molecule is C=C(C=C(C#N)C(=O)Nc1cccc2ncccc12)OC(=C)c1cc(Cl)ccc1Cl. The van der Waals surface area contributed by atoms with Crippen molar-refractivity contribution in [2.24, 2.45) is 0 Å². The summed E-state index contributed by atoms with van der Waals surface area (Å²) >= 11 is 12.1. The highest BCUT2D eigenvalue weighted by molar-refractivity contribution is 6.34. The monoisotopic (exact) mass is 435 g/mol. The number of fused-ring (bicyclic) bond motifs is 1. The molecule has 3 aromatic rings. The molecule has 2 aromatic carbocycles. The lowest BCUT2D eigenvalue weighted by Crippen LogP contribution is -2.14. The zero-order valence-electron chi connectivity index (χ0n) is 15.7. The Kier molecular flexibility index (Phi) is 6.53. The van der Waals surface area contributed by atoms with E-state index in [2.05, 4.69) is 23.5 Å². The number of carbonyl (C=O) groups excluding carboxylic acids is 1. The smallest absolute Gasteiger partial charge is 0.266 e. The topological polar surface area (TPSA) is 75.0 Å². The molecule has 1 N–H and O–H groups in total. The van der Waals surface area contributed by atoms with Crippen molar-refractivity contribution in [1.29, 1.82) is 5.26 Å². The Morgan fingerprint density at radius 1 is 1.17 bits per heavy atom. The Morgan fingerprint density at radius 2 is 1.97 bits per heavy atom. The number of hydrogen-bond donors (Lipinski definition) is 1. The van der Waals surface area contributed by atoms with E-state index >= 15 is 0 Å². The quantitative estimate of drug-likeness (QED) is 0.218. The molecule has 0 bridgehead atoms. The van der Waals surface area contributed by atoms with Crippen LogP contribution in [0.2, 0.25) is 10.0 Å². The lowest BCUT2D eigenvalue weighted by atomic mass is 10.1. The zero-order chi connectivity index (χ0) is 21.7. The van der Waals surface area contributed by atoms with Crippen LogP contribution in [0, 0.1) is 11.3 Å². The number of anilines is 1. The first kappa shape index (κ1) is 21.1. The fraction of sp³-hybridized carbons (Fsp3) is 0. The van der Waals surface area contributed by atoms with Gasteiger partial charge in [0.05, 0.1) is 16.2 Å². The lowest BCUT2D eigenvalue weighted by Gasteiger charge is -2.11. The minimum Gasteiger partial charge on any atom is -0.458 e. The summed E-state index contributed by atoms with van der Waals surface area (Å²) in [5.74, 6) is -0.381. The van der Waals surface area contributed by atoms with Crippen LogP contribution in [0.1, 0.15) is 5.56 Å². The summed E-state index contributed by atoms with van der Waals surface area (Å²) in [7, 11) is 0. The maximum absolute atomic E-state index is 12.6. The molecule has 0 fully saturated rings. The van der Waals surface area contributed by atoms with Crippen molar-refractivity contribution >= 4 is 51.5 Å². The predicted octanol–water partition coefficient (Wildman–Crippen LogP) is 6.13. The van der Waals surface area contributed by atoms with Gasteiger partial charge >= 0.3 is 0 Å². The highest BCUT2D eigenvalue weighted by atomic mass is 35.5. The van der Waals surface area contributed by atoms with Crippen molar-refractivity contribution in [3.63, 3.8) is 0 Å². The van der Waals surface area contributed by atoms with Gasteiger partial charge in [-0.15, -0.1) is 0 Å². The fourth-order valence-corrected chi connectivity index (χ4v) is 3.06. The largest absolute Gasteiger partial charge is 0.458 e. The number of rotatable bonds is 6. The molecule has 3 rings (SSSR count). The first-order valence-corrected chi connectivity index (χ1v) is 9.42. The third-order valence-corrected chi connectivity index (χ3v) is 4.61. The van der Waals surface area contributed by atoms with Crippen molar-refractivity contribution in [2.45, 2.75) is 0 Å². The zero-order valence-corrected chi connectivity index (χ0v) is 17.2. The molecule has 0 atom stereocenters. The third kappa shape index (κ3) is 4.87. The van der Waals surface area contributed by atoms with E-state index in [9.17, 15) is 10.1 Å². The van der Waals surface area contributed by atoms with E-state index in [1.165, 1.54) is 6.08 Å². The summed E-state index contributed by atoms with van der Waals surface area (Å²) in [6, 6.07) is 15.6. The van der Waals surface area contributed by atoms with Gasteiger partial charge in [-0.2, -0.15) is 5.26 Å². The fourth-order valence-electron chi connectivity index (χ4n) is 2.67. The van der Waals surface area contributed by atoms with E-state index in [-0.39, 0.29) is 17.1 Å². The van der Waals surface area contributed by atoms with E-state index in [1.807, 2.05) is 18.2 Å². The van der Waals surface area contributed by atoms with Crippen molar-refractivity contribution in [1.82, 2.24) is 4.98 Å². The molecule has 0 aliphatic rings. The van der Waals surface area contributed by atoms with Crippen LogP contribution >= 0.6 is 23.2 Å². The maximum atomic E-state index is 12.6. The molecular weight excluding hydrogens is 421 g/mol. The molecule has 0 saturated carbocycles. The number of allylic oxidation sites excluding steroid dienone is 1. The molecule has 148 valence electrons.